The van der Waals surface area contributed by atoms with Crippen molar-refractivity contribution < 1.29 is 14.7 Å². The van der Waals surface area contributed by atoms with E-state index in [1.807, 2.05) is 10.3 Å². The van der Waals surface area contributed by atoms with Crippen molar-refractivity contribution in [2.24, 2.45) is 0 Å². The third kappa shape index (κ3) is 3.01. The van der Waals surface area contributed by atoms with Crippen molar-refractivity contribution in [3.8, 4) is 0 Å². The highest BCUT2D eigenvalue weighted by Crippen LogP contribution is 2.15. The summed E-state index contributed by atoms with van der Waals surface area (Å²) < 4.78 is 0. The van der Waals surface area contributed by atoms with Gasteiger partial charge in [-0.1, -0.05) is 0 Å². The number of piperazine rings is 1. The Kier molecular flexibility index (Phi) is 3.70. The molecule has 2 N–H and O–H groups in total. The lowest BCUT2D eigenvalue weighted by Crippen LogP contribution is -2.55. The van der Waals surface area contributed by atoms with Gasteiger partial charge in [0.15, 0.2) is 0 Å². The minimum absolute atomic E-state index is 0.169. The average Bonchev–Trinajstić information content (AvgIpc) is 2.75. The normalized spacial score (nSPS) is 21.2. The minimum atomic E-state index is -0.962. The van der Waals surface area contributed by atoms with E-state index in [9.17, 15) is 9.59 Å². The molecule has 1 aliphatic heterocycles. The number of carboxylic acid groups (broad SMARTS) is 1. The van der Waals surface area contributed by atoms with Crippen LogP contribution in [0.25, 0.3) is 0 Å². The van der Waals surface area contributed by atoms with E-state index < -0.39 is 12.0 Å². The molecule has 0 bridgehead atoms. The molecule has 1 atom stereocenters. The van der Waals surface area contributed by atoms with Crippen LogP contribution >= 0.6 is 11.3 Å². The highest BCUT2D eigenvalue weighted by molar-refractivity contribution is 7.09. The van der Waals surface area contributed by atoms with Crippen molar-refractivity contribution in [3.63, 3.8) is 0 Å². The molecule has 1 aromatic heterocycles. The number of carboxylic acids is 1. The molecular weight excluding hydrogens is 242 g/mol. The van der Waals surface area contributed by atoms with Gasteiger partial charge >= 0.3 is 5.97 Å². The van der Waals surface area contributed by atoms with Gasteiger partial charge in [-0.2, -0.15) is 0 Å². The number of rotatable bonds is 4. The van der Waals surface area contributed by atoms with Gasteiger partial charge in [0.1, 0.15) is 11.0 Å². The van der Waals surface area contributed by atoms with Gasteiger partial charge in [0.25, 0.3) is 0 Å². The maximum absolute atomic E-state index is 11.6. The number of aliphatic carboxylic acids is 1. The molecule has 1 fully saturated rings. The van der Waals surface area contributed by atoms with Crippen LogP contribution in [0.3, 0.4) is 0 Å². The highest BCUT2D eigenvalue weighted by Gasteiger charge is 2.31. The van der Waals surface area contributed by atoms with Gasteiger partial charge in [0, 0.05) is 24.7 Å². The van der Waals surface area contributed by atoms with Gasteiger partial charge in [-0.3, -0.25) is 14.5 Å². The third-order valence-corrected chi connectivity index (χ3v) is 3.40. The van der Waals surface area contributed by atoms with Gasteiger partial charge in [-0.05, 0) is 0 Å². The molecule has 6 nitrogen and oxygen atoms in total. The number of carbonyl (C=O) groups is 2. The zero-order valence-electron chi connectivity index (χ0n) is 9.13. The average molecular weight is 255 g/mol. The van der Waals surface area contributed by atoms with E-state index in [4.69, 9.17) is 5.11 Å². The molecule has 0 radical (unpaired) electrons. The largest absolute Gasteiger partial charge is 0.481 e. The number of carbonyl (C=O) groups excluding carboxylic acids is 1. The Balaban J connectivity index is 2.06. The Hall–Kier alpha value is -1.47. The Morgan fingerprint density at radius 3 is 3.18 bits per heavy atom. The summed E-state index contributed by atoms with van der Waals surface area (Å²) in [4.78, 5) is 28.4. The predicted molar refractivity (Wildman–Crippen MR) is 61.6 cm³/mol. The van der Waals surface area contributed by atoms with Crippen molar-refractivity contribution in [1.29, 1.82) is 0 Å². The molecule has 1 aliphatic rings. The van der Waals surface area contributed by atoms with Crippen LogP contribution in [-0.2, 0) is 16.1 Å². The molecule has 2 rings (SSSR count). The zero-order valence-corrected chi connectivity index (χ0v) is 9.94. The predicted octanol–water partition coefficient (Wildman–Crippen LogP) is -0.0818. The number of hydrogen-bond donors (Lipinski definition) is 2. The molecule has 1 saturated heterocycles. The van der Waals surface area contributed by atoms with Gasteiger partial charge in [-0.25, -0.2) is 4.98 Å². The van der Waals surface area contributed by atoms with E-state index in [2.05, 4.69) is 10.3 Å². The van der Waals surface area contributed by atoms with Crippen LogP contribution in [0.1, 0.15) is 11.4 Å². The quantitative estimate of drug-likeness (QED) is 0.786. The number of aromatic nitrogens is 1. The first kappa shape index (κ1) is 12.0. The first-order chi connectivity index (χ1) is 8.16. The summed E-state index contributed by atoms with van der Waals surface area (Å²) in [6.45, 7) is 1.74. The smallest absolute Gasteiger partial charge is 0.305 e. The van der Waals surface area contributed by atoms with Crippen molar-refractivity contribution in [2.75, 3.05) is 13.1 Å². The molecule has 0 saturated carbocycles. The van der Waals surface area contributed by atoms with Gasteiger partial charge in [0.2, 0.25) is 5.91 Å². The van der Waals surface area contributed by atoms with E-state index in [0.717, 1.165) is 5.01 Å². The Morgan fingerprint density at radius 2 is 2.53 bits per heavy atom. The monoisotopic (exact) mass is 255 g/mol. The van der Waals surface area contributed by atoms with Crippen LogP contribution in [0.15, 0.2) is 11.6 Å². The Labute approximate surface area is 102 Å². The summed E-state index contributed by atoms with van der Waals surface area (Å²) in [5.41, 5.74) is 0. The second-order valence-electron chi connectivity index (χ2n) is 3.80. The zero-order chi connectivity index (χ0) is 12.3. The van der Waals surface area contributed by atoms with E-state index in [-0.39, 0.29) is 12.3 Å². The van der Waals surface area contributed by atoms with Crippen molar-refractivity contribution >= 4 is 23.2 Å². The minimum Gasteiger partial charge on any atom is -0.481 e. The van der Waals surface area contributed by atoms with E-state index in [0.29, 0.717) is 19.6 Å². The number of hydrogen-bond acceptors (Lipinski definition) is 5. The molecule has 1 aromatic rings. The number of nitrogens with zero attached hydrogens (tertiary/aromatic N) is 2. The maximum Gasteiger partial charge on any atom is 0.305 e. The topological polar surface area (TPSA) is 82.5 Å². The summed E-state index contributed by atoms with van der Waals surface area (Å²) in [5.74, 6) is -1.17. The highest BCUT2D eigenvalue weighted by atomic mass is 32.1. The lowest BCUT2D eigenvalue weighted by molar-refractivity contribution is -0.143. The maximum atomic E-state index is 11.6. The second-order valence-corrected chi connectivity index (χ2v) is 4.78. The number of amides is 1. The summed E-state index contributed by atoms with van der Waals surface area (Å²) >= 11 is 1.51. The van der Waals surface area contributed by atoms with Crippen LogP contribution in [-0.4, -0.2) is 46.0 Å². The fourth-order valence-electron chi connectivity index (χ4n) is 1.84. The van der Waals surface area contributed by atoms with Crippen molar-refractivity contribution in [1.82, 2.24) is 15.2 Å². The third-order valence-electron chi connectivity index (χ3n) is 2.63. The Bertz CT molecular complexity index is 407. The molecule has 0 aliphatic carbocycles. The number of nitrogens with one attached hydrogen (secondary N) is 1. The van der Waals surface area contributed by atoms with E-state index in [1.54, 1.807) is 6.20 Å². The van der Waals surface area contributed by atoms with Crippen molar-refractivity contribution in [2.45, 2.75) is 19.0 Å². The van der Waals surface area contributed by atoms with E-state index in [1.165, 1.54) is 11.3 Å². The van der Waals surface area contributed by atoms with Gasteiger partial charge in [-0.15, -0.1) is 11.3 Å². The molecule has 1 amide bonds. The lowest BCUT2D eigenvalue weighted by Gasteiger charge is -2.33. The summed E-state index contributed by atoms with van der Waals surface area (Å²) in [6, 6.07) is -0.592. The van der Waals surface area contributed by atoms with Crippen LogP contribution < -0.4 is 5.32 Å². The summed E-state index contributed by atoms with van der Waals surface area (Å²) in [5, 5.41) is 14.3. The molecule has 1 unspecified atom stereocenters. The molecule has 7 heteroatoms. The molecule has 2 heterocycles. The van der Waals surface area contributed by atoms with E-state index >= 15 is 0 Å². The fraction of sp³-hybridized carbons (Fsp3) is 0.500. The molecule has 92 valence electrons. The van der Waals surface area contributed by atoms with Crippen LogP contribution in [0.4, 0.5) is 0 Å². The molecule has 0 spiro atoms. The Morgan fingerprint density at radius 1 is 1.71 bits per heavy atom. The van der Waals surface area contributed by atoms with Crippen LogP contribution in [0.5, 0.6) is 0 Å². The first-order valence-electron chi connectivity index (χ1n) is 5.29. The summed E-state index contributed by atoms with van der Waals surface area (Å²) in [7, 11) is 0. The summed E-state index contributed by atoms with van der Waals surface area (Å²) in [6.07, 6.45) is 1.54. The first-order valence-corrected chi connectivity index (χ1v) is 6.16. The SMILES string of the molecule is O=C(O)CC1C(=O)NCCN1Cc1nccs1. The fourth-order valence-corrected chi connectivity index (χ4v) is 2.48. The molecule has 0 aromatic carbocycles. The van der Waals surface area contributed by atoms with Crippen LogP contribution in [0, 0.1) is 0 Å². The van der Waals surface area contributed by atoms with Gasteiger partial charge < -0.3 is 10.4 Å². The second kappa shape index (κ2) is 5.24. The molecular formula is C10H13N3O3S. The van der Waals surface area contributed by atoms with Crippen LogP contribution in [0.2, 0.25) is 0 Å². The number of thiazole rings is 1. The standard InChI is InChI=1S/C10H13N3O3S/c14-9(15)5-7-10(16)12-1-3-13(7)6-8-11-2-4-17-8/h2,4,7H,1,3,5-6H2,(H,12,16)(H,14,15). The van der Waals surface area contributed by atoms with Crippen molar-refractivity contribution in [3.05, 3.63) is 16.6 Å². The molecule has 17 heavy (non-hydrogen) atoms. The lowest BCUT2D eigenvalue weighted by atomic mass is 10.1. The van der Waals surface area contributed by atoms with Gasteiger partial charge in [0.05, 0.1) is 13.0 Å².